The molecule has 1 N–H and O–H groups in total. The highest BCUT2D eigenvalue weighted by Gasteiger charge is 2.20. The second kappa shape index (κ2) is 6.89. The van der Waals surface area contributed by atoms with Gasteiger partial charge in [0.25, 0.3) is 0 Å². The van der Waals surface area contributed by atoms with Crippen molar-refractivity contribution in [2.45, 2.75) is 19.9 Å². The number of carbonyl (C=O) groups excluding carboxylic acids is 2. The molecule has 0 bridgehead atoms. The fourth-order valence-electron chi connectivity index (χ4n) is 2.13. The van der Waals surface area contributed by atoms with Gasteiger partial charge < -0.3 is 14.8 Å². The predicted octanol–water partition coefficient (Wildman–Crippen LogP) is 1.58. The molecule has 1 aromatic carbocycles. The van der Waals surface area contributed by atoms with Crippen molar-refractivity contribution in [3.05, 3.63) is 48.0 Å². The quantitative estimate of drug-likeness (QED) is 0.872. The Bertz CT molecular complexity index is 678. The van der Waals surface area contributed by atoms with Crippen LogP contribution in [0, 0.1) is 0 Å². The highest BCUT2D eigenvalue weighted by atomic mass is 16.2. The summed E-state index contributed by atoms with van der Waals surface area (Å²) in [7, 11) is 3.43. The Kier molecular flexibility index (Phi) is 4.93. The number of rotatable bonds is 4. The zero-order valence-electron chi connectivity index (χ0n) is 13.0. The van der Waals surface area contributed by atoms with Gasteiger partial charge in [-0.2, -0.15) is 0 Å². The third kappa shape index (κ3) is 3.52. The lowest BCUT2D eigenvalue weighted by atomic mass is 10.1. The molecule has 0 aliphatic heterocycles. The van der Waals surface area contributed by atoms with Crippen molar-refractivity contribution in [2.24, 2.45) is 7.05 Å². The lowest BCUT2D eigenvalue weighted by Crippen LogP contribution is -2.37. The molecule has 0 fully saturated rings. The minimum atomic E-state index is -0.641. The third-order valence-corrected chi connectivity index (χ3v) is 3.49. The van der Waals surface area contributed by atoms with Gasteiger partial charge in [-0.3, -0.25) is 9.59 Å². The molecule has 2 amide bonds. The minimum Gasteiger partial charge on any atom is -0.337 e. The maximum absolute atomic E-state index is 12.2. The maximum atomic E-state index is 12.2. The van der Waals surface area contributed by atoms with Gasteiger partial charge in [0.2, 0.25) is 0 Å². The second-order valence-corrected chi connectivity index (χ2v) is 5.08. The van der Waals surface area contributed by atoms with E-state index in [0.29, 0.717) is 5.69 Å². The molecule has 1 aromatic heterocycles. The van der Waals surface area contributed by atoms with Crippen LogP contribution in [-0.4, -0.2) is 33.3 Å². The van der Waals surface area contributed by atoms with Crippen LogP contribution in [0.3, 0.4) is 0 Å². The van der Waals surface area contributed by atoms with E-state index in [1.54, 1.807) is 25.5 Å². The normalized spacial score (nSPS) is 10.3. The topological polar surface area (TPSA) is 67.2 Å². The molecule has 0 saturated heterocycles. The van der Waals surface area contributed by atoms with Crippen LogP contribution in [0.5, 0.6) is 0 Å². The molecule has 0 aliphatic carbocycles. The van der Waals surface area contributed by atoms with Gasteiger partial charge in [-0.15, -0.1) is 0 Å². The molecule has 2 aromatic rings. The number of para-hydroxylation sites is 1. The minimum absolute atomic E-state index is 0.283. The molecule has 0 aliphatic rings. The number of nitrogens with zero attached hydrogens (tertiary/aromatic N) is 3. The molecule has 116 valence electrons. The van der Waals surface area contributed by atoms with Gasteiger partial charge in [-0.25, -0.2) is 4.98 Å². The van der Waals surface area contributed by atoms with Crippen LogP contribution in [-0.2, 0) is 29.6 Å². The summed E-state index contributed by atoms with van der Waals surface area (Å²) in [5.41, 5.74) is 1.67. The molecule has 6 heteroatoms. The van der Waals surface area contributed by atoms with Crippen LogP contribution in [0.25, 0.3) is 0 Å². The average Bonchev–Trinajstić information content (AvgIpc) is 2.92. The number of amides is 2. The van der Waals surface area contributed by atoms with Gasteiger partial charge in [0.1, 0.15) is 5.82 Å². The highest BCUT2D eigenvalue weighted by molar-refractivity contribution is 6.39. The maximum Gasteiger partial charge on any atom is 0.313 e. The fourth-order valence-corrected chi connectivity index (χ4v) is 2.13. The van der Waals surface area contributed by atoms with E-state index in [2.05, 4.69) is 10.3 Å². The number of hydrogen-bond donors (Lipinski definition) is 1. The average molecular weight is 300 g/mol. The van der Waals surface area contributed by atoms with Crippen LogP contribution < -0.4 is 5.32 Å². The van der Waals surface area contributed by atoms with Crippen molar-refractivity contribution < 1.29 is 9.59 Å². The zero-order chi connectivity index (χ0) is 16.1. The molecule has 0 radical (unpaired) electrons. The van der Waals surface area contributed by atoms with E-state index in [0.717, 1.165) is 17.8 Å². The van der Waals surface area contributed by atoms with Gasteiger partial charge in [0, 0.05) is 32.2 Å². The second-order valence-electron chi connectivity index (χ2n) is 5.08. The Morgan fingerprint density at radius 1 is 1.32 bits per heavy atom. The summed E-state index contributed by atoms with van der Waals surface area (Å²) in [5.74, 6) is -0.510. The van der Waals surface area contributed by atoms with Crippen LogP contribution in [0.15, 0.2) is 36.7 Å². The Morgan fingerprint density at radius 2 is 2.05 bits per heavy atom. The van der Waals surface area contributed by atoms with Crippen molar-refractivity contribution in [3.63, 3.8) is 0 Å². The Balaban J connectivity index is 2.02. The molecular formula is C16H20N4O2. The smallest absolute Gasteiger partial charge is 0.313 e. The SMILES string of the molecule is CCc1ccccc1NC(=O)C(=O)N(C)Cc1nccn1C. The van der Waals surface area contributed by atoms with Gasteiger partial charge in [-0.1, -0.05) is 25.1 Å². The molecular weight excluding hydrogens is 280 g/mol. The molecule has 0 unspecified atom stereocenters. The highest BCUT2D eigenvalue weighted by Crippen LogP contribution is 2.15. The monoisotopic (exact) mass is 300 g/mol. The zero-order valence-corrected chi connectivity index (χ0v) is 13.0. The number of aryl methyl sites for hydroxylation is 2. The Hall–Kier alpha value is -2.63. The first-order valence-corrected chi connectivity index (χ1v) is 7.13. The summed E-state index contributed by atoms with van der Waals surface area (Å²) in [6, 6.07) is 7.46. The lowest BCUT2D eigenvalue weighted by molar-refractivity contribution is -0.142. The standard InChI is InChI=1S/C16H20N4O2/c1-4-12-7-5-6-8-13(12)18-15(21)16(22)20(3)11-14-17-9-10-19(14)2/h5-10H,4,11H2,1-3H3,(H,18,21). The van der Waals surface area contributed by atoms with Gasteiger partial charge >= 0.3 is 11.8 Å². The molecule has 1 heterocycles. The lowest BCUT2D eigenvalue weighted by Gasteiger charge is -2.17. The van der Waals surface area contributed by atoms with Gasteiger partial charge in [0.05, 0.1) is 6.54 Å². The van der Waals surface area contributed by atoms with Crippen molar-refractivity contribution in [1.29, 1.82) is 0 Å². The van der Waals surface area contributed by atoms with Crippen LogP contribution in [0.2, 0.25) is 0 Å². The molecule has 22 heavy (non-hydrogen) atoms. The van der Waals surface area contributed by atoms with Crippen LogP contribution in [0.4, 0.5) is 5.69 Å². The van der Waals surface area contributed by atoms with Crippen LogP contribution >= 0.6 is 0 Å². The first-order valence-electron chi connectivity index (χ1n) is 7.13. The summed E-state index contributed by atoms with van der Waals surface area (Å²) in [6.45, 7) is 2.28. The van der Waals surface area contributed by atoms with E-state index in [9.17, 15) is 9.59 Å². The van der Waals surface area contributed by atoms with Crippen LogP contribution in [0.1, 0.15) is 18.3 Å². The van der Waals surface area contributed by atoms with Crippen molar-refractivity contribution in [2.75, 3.05) is 12.4 Å². The fraction of sp³-hybridized carbons (Fsp3) is 0.312. The molecule has 6 nitrogen and oxygen atoms in total. The number of aromatic nitrogens is 2. The van der Waals surface area contributed by atoms with Gasteiger partial charge in [-0.05, 0) is 18.1 Å². The van der Waals surface area contributed by atoms with E-state index < -0.39 is 11.8 Å². The molecule has 0 atom stereocenters. The van der Waals surface area contributed by atoms with E-state index in [1.807, 2.05) is 36.7 Å². The molecule has 0 saturated carbocycles. The number of benzene rings is 1. The van der Waals surface area contributed by atoms with Crippen molar-refractivity contribution in [3.8, 4) is 0 Å². The summed E-state index contributed by atoms with van der Waals surface area (Å²) < 4.78 is 1.81. The summed E-state index contributed by atoms with van der Waals surface area (Å²) in [5, 5.41) is 2.68. The van der Waals surface area contributed by atoms with Crippen molar-refractivity contribution in [1.82, 2.24) is 14.5 Å². The number of carbonyl (C=O) groups is 2. The van der Waals surface area contributed by atoms with Gasteiger partial charge in [0.15, 0.2) is 0 Å². The van der Waals surface area contributed by atoms with E-state index in [1.165, 1.54) is 4.90 Å². The Morgan fingerprint density at radius 3 is 2.68 bits per heavy atom. The largest absolute Gasteiger partial charge is 0.337 e. The first kappa shape index (κ1) is 15.8. The predicted molar refractivity (Wildman–Crippen MR) is 84.1 cm³/mol. The van der Waals surface area contributed by atoms with E-state index in [-0.39, 0.29) is 6.54 Å². The molecule has 2 rings (SSSR count). The first-order chi connectivity index (χ1) is 10.5. The van der Waals surface area contributed by atoms with Crippen molar-refractivity contribution >= 4 is 17.5 Å². The summed E-state index contributed by atoms with van der Waals surface area (Å²) in [4.78, 5) is 29.8. The van der Waals surface area contributed by atoms with E-state index >= 15 is 0 Å². The van der Waals surface area contributed by atoms with E-state index in [4.69, 9.17) is 0 Å². The number of likely N-dealkylation sites (N-methyl/N-ethyl adjacent to an activating group) is 1. The summed E-state index contributed by atoms with van der Waals surface area (Å²) in [6.07, 6.45) is 4.24. The number of nitrogens with one attached hydrogen (secondary N) is 1. The third-order valence-electron chi connectivity index (χ3n) is 3.49. The Labute approximate surface area is 129 Å². The number of imidazole rings is 1. The number of hydrogen-bond acceptors (Lipinski definition) is 3. The summed E-state index contributed by atoms with van der Waals surface area (Å²) >= 11 is 0. The number of anilines is 1. The molecule has 0 spiro atoms.